The first-order chi connectivity index (χ1) is 9.70. The largest absolute Gasteiger partial charge is 0.368 e. The van der Waals surface area contributed by atoms with Crippen LogP contribution in [0.3, 0.4) is 0 Å². The van der Waals surface area contributed by atoms with Crippen molar-refractivity contribution < 1.29 is 0 Å². The van der Waals surface area contributed by atoms with Crippen molar-refractivity contribution in [3.05, 3.63) is 29.3 Å². The fourth-order valence-corrected chi connectivity index (χ4v) is 3.03. The Morgan fingerprint density at radius 3 is 2.55 bits per heavy atom. The van der Waals surface area contributed by atoms with Gasteiger partial charge in [-0.05, 0) is 31.1 Å². The molecule has 1 aliphatic heterocycles. The summed E-state index contributed by atoms with van der Waals surface area (Å²) in [7, 11) is 0. The van der Waals surface area contributed by atoms with Crippen LogP contribution >= 0.6 is 11.6 Å². The summed E-state index contributed by atoms with van der Waals surface area (Å²) in [6.07, 6.45) is 0. The number of halogens is 1. The quantitative estimate of drug-likeness (QED) is 0.870. The first-order valence-electron chi connectivity index (χ1n) is 7.63. The lowest BCUT2D eigenvalue weighted by Gasteiger charge is -2.37. The van der Waals surface area contributed by atoms with Crippen LogP contribution < -0.4 is 10.2 Å². The van der Waals surface area contributed by atoms with Crippen molar-refractivity contribution in [3.8, 4) is 0 Å². The number of rotatable bonds is 6. The summed E-state index contributed by atoms with van der Waals surface area (Å²) in [4.78, 5) is 4.96. The molecule has 0 bridgehead atoms. The highest BCUT2D eigenvalue weighted by atomic mass is 35.5. The SMILES string of the molecule is CCNCC(C)CN1CCN(c2ccccc2Cl)CC1. The van der Waals surface area contributed by atoms with Gasteiger partial charge in [0.1, 0.15) is 0 Å². The van der Waals surface area contributed by atoms with Crippen molar-refractivity contribution in [2.75, 3.05) is 50.7 Å². The molecular weight excluding hydrogens is 270 g/mol. The zero-order valence-corrected chi connectivity index (χ0v) is 13.4. The lowest BCUT2D eigenvalue weighted by atomic mass is 10.1. The van der Waals surface area contributed by atoms with Gasteiger partial charge in [-0.2, -0.15) is 0 Å². The van der Waals surface area contributed by atoms with Gasteiger partial charge in [-0.1, -0.05) is 37.6 Å². The zero-order valence-electron chi connectivity index (χ0n) is 12.6. The smallest absolute Gasteiger partial charge is 0.0639 e. The molecule has 3 nitrogen and oxygen atoms in total. The van der Waals surface area contributed by atoms with Crippen LogP contribution in [0.2, 0.25) is 5.02 Å². The van der Waals surface area contributed by atoms with Gasteiger partial charge in [0.15, 0.2) is 0 Å². The molecule has 1 aromatic carbocycles. The molecule has 112 valence electrons. The predicted octanol–water partition coefficient (Wildman–Crippen LogP) is 2.71. The molecule has 1 unspecified atom stereocenters. The van der Waals surface area contributed by atoms with E-state index in [9.17, 15) is 0 Å². The topological polar surface area (TPSA) is 18.5 Å². The van der Waals surface area contributed by atoms with E-state index in [-0.39, 0.29) is 0 Å². The number of nitrogens with one attached hydrogen (secondary N) is 1. The van der Waals surface area contributed by atoms with E-state index in [1.54, 1.807) is 0 Å². The van der Waals surface area contributed by atoms with Crippen LogP contribution in [-0.4, -0.2) is 50.7 Å². The predicted molar refractivity (Wildman–Crippen MR) is 87.8 cm³/mol. The molecule has 0 spiro atoms. The monoisotopic (exact) mass is 295 g/mol. The molecule has 1 N–H and O–H groups in total. The molecule has 2 rings (SSSR count). The van der Waals surface area contributed by atoms with Crippen molar-refractivity contribution in [1.82, 2.24) is 10.2 Å². The van der Waals surface area contributed by atoms with E-state index in [2.05, 4.69) is 41.1 Å². The molecular formula is C16H26ClN3. The lowest BCUT2D eigenvalue weighted by Crippen LogP contribution is -2.48. The van der Waals surface area contributed by atoms with Gasteiger partial charge in [0.2, 0.25) is 0 Å². The Balaban J connectivity index is 1.79. The minimum absolute atomic E-state index is 0.710. The van der Waals surface area contributed by atoms with Crippen LogP contribution in [-0.2, 0) is 0 Å². The molecule has 0 amide bonds. The van der Waals surface area contributed by atoms with Crippen LogP contribution in [0, 0.1) is 5.92 Å². The van der Waals surface area contributed by atoms with Crippen LogP contribution in [0.15, 0.2) is 24.3 Å². The molecule has 1 heterocycles. The third kappa shape index (κ3) is 4.37. The maximum Gasteiger partial charge on any atom is 0.0639 e. The summed E-state index contributed by atoms with van der Waals surface area (Å²) in [5, 5.41) is 4.29. The average Bonchev–Trinajstić information content (AvgIpc) is 2.47. The van der Waals surface area contributed by atoms with E-state index in [4.69, 9.17) is 11.6 Å². The second-order valence-corrected chi connectivity index (χ2v) is 6.06. The van der Waals surface area contributed by atoms with Gasteiger partial charge in [0.05, 0.1) is 10.7 Å². The van der Waals surface area contributed by atoms with Gasteiger partial charge in [-0.15, -0.1) is 0 Å². The van der Waals surface area contributed by atoms with Crippen LogP contribution in [0.5, 0.6) is 0 Å². The molecule has 0 radical (unpaired) electrons. The van der Waals surface area contributed by atoms with Gasteiger partial charge in [-0.25, -0.2) is 0 Å². The maximum absolute atomic E-state index is 6.27. The van der Waals surface area contributed by atoms with Gasteiger partial charge < -0.3 is 10.2 Å². The number of hydrogen-bond acceptors (Lipinski definition) is 3. The van der Waals surface area contributed by atoms with E-state index in [0.29, 0.717) is 5.92 Å². The second kappa shape index (κ2) is 7.87. The molecule has 1 fully saturated rings. The van der Waals surface area contributed by atoms with Crippen LogP contribution in [0.1, 0.15) is 13.8 Å². The summed E-state index contributed by atoms with van der Waals surface area (Å²) >= 11 is 6.27. The van der Waals surface area contributed by atoms with Gasteiger partial charge in [-0.3, -0.25) is 4.90 Å². The second-order valence-electron chi connectivity index (χ2n) is 5.65. The first-order valence-corrected chi connectivity index (χ1v) is 8.01. The van der Waals surface area contributed by atoms with Gasteiger partial charge in [0, 0.05) is 32.7 Å². The van der Waals surface area contributed by atoms with E-state index >= 15 is 0 Å². The normalized spacial score (nSPS) is 18.2. The van der Waals surface area contributed by atoms with Crippen LogP contribution in [0.4, 0.5) is 5.69 Å². The Morgan fingerprint density at radius 2 is 1.90 bits per heavy atom. The fourth-order valence-electron chi connectivity index (χ4n) is 2.78. The highest BCUT2D eigenvalue weighted by Crippen LogP contribution is 2.26. The molecule has 20 heavy (non-hydrogen) atoms. The fraction of sp³-hybridized carbons (Fsp3) is 0.625. The summed E-state index contributed by atoms with van der Waals surface area (Å²) in [6, 6.07) is 8.14. The molecule has 1 aromatic rings. The number of anilines is 1. The van der Waals surface area contributed by atoms with Crippen molar-refractivity contribution in [2.24, 2.45) is 5.92 Å². The van der Waals surface area contributed by atoms with Crippen molar-refractivity contribution in [1.29, 1.82) is 0 Å². The number of hydrogen-bond donors (Lipinski definition) is 1. The molecule has 1 saturated heterocycles. The highest BCUT2D eigenvalue weighted by Gasteiger charge is 2.19. The van der Waals surface area contributed by atoms with Crippen molar-refractivity contribution >= 4 is 17.3 Å². The minimum atomic E-state index is 0.710. The van der Waals surface area contributed by atoms with Crippen molar-refractivity contribution in [2.45, 2.75) is 13.8 Å². The summed E-state index contributed by atoms with van der Waals surface area (Å²) in [6.45, 7) is 12.2. The van der Waals surface area contributed by atoms with Gasteiger partial charge in [0.25, 0.3) is 0 Å². The summed E-state index contributed by atoms with van der Waals surface area (Å²) in [5.74, 6) is 0.710. The standard InChI is InChI=1S/C16H26ClN3/c1-3-18-12-14(2)13-19-8-10-20(11-9-19)16-7-5-4-6-15(16)17/h4-7,14,18H,3,8-13H2,1-2H3. The minimum Gasteiger partial charge on any atom is -0.368 e. The van der Waals surface area contributed by atoms with E-state index < -0.39 is 0 Å². The first kappa shape index (κ1) is 15.6. The summed E-state index contributed by atoms with van der Waals surface area (Å²) in [5.41, 5.74) is 1.18. The lowest BCUT2D eigenvalue weighted by molar-refractivity contribution is 0.223. The highest BCUT2D eigenvalue weighted by molar-refractivity contribution is 6.33. The van der Waals surface area contributed by atoms with E-state index in [1.807, 2.05) is 12.1 Å². The Hall–Kier alpha value is -0.770. The summed E-state index contributed by atoms with van der Waals surface area (Å²) < 4.78 is 0. The Bertz CT molecular complexity index is 402. The number of para-hydroxylation sites is 1. The van der Waals surface area contributed by atoms with Gasteiger partial charge >= 0.3 is 0 Å². The number of piperazine rings is 1. The third-order valence-corrected chi connectivity index (χ3v) is 4.20. The van der Waals surface area contributed by atoms with Crippen LogP contribution in [0.25, 0.3) is 0 Å². The maximum atomic E-state index is 6.27. The molecule has 4 heteroatoms. The van der Waals surface area contributed by atoms with Crippen molar-refractivity contribution in [3.63, 3.8) is 0 Å². The average molecular weight is 296 g/mol. The van der Waals surface area contributed by atoms with E-state index in [0.717, 1.165) is 44.3 Å². The zero-order chi connectivity index (χ0) is 14.4. The number of benzene rings is 1. The molecule has 1 atom stereocenters. The van der Waals surface area contributed by atoms with E-state index in [1.165, 1.54) is 12.2 Å². The molecule has 0 aromatic heterocycles. The Labute approximate surface area is 127 Å². The number of nitrogens with zero attached hydrogens (tertiary/aromatic N) is 2. The third-order valence-electron chi connectivity index (χ3n) is 3.88. The Kier molecular flexibility index (Phi) is 6.14. The molecule has 0 saturated carbocycles. The molecule has 0 aliphatic carbocycles. The Morgan fingerprint density at radius 1 is 1.20 bits per heavy atom. The molecule has 1 aliphatic rings.